The summed E-state index contributed by atoms with van der Waals surface area (Å²) < 4.78 is 26.3. The van der Waals surface area contributed by atoms with E-state index in [1.165, 1.54) is 37.5 Å². The highest BCUT2D eigenvalue weighted by atomic mass is 32.2. The minimum atomic E-state index is -3.89. The van der Waals surface area contributed by atoms with Crippen LogP contribution in [0.1, 0.15) is 6.92 Å². The van der Waals surface area contributed by atoms with Crippen LogP contribution in [-0.4, -0.2) is 33.2 Å². The van der Waals surface area contributed by atoms with Gasteiger partial charge in [-0.1, -0.05) is 0 Å². The number of hydrogen-bond acceptors (Lipinski definition) is 7. The third-order valence-corrected chi connectivity index (χ3v) is 4.72. The van der Waals surface area contributed by atoms with Gasteiger partial charge in [0.15, 0.2) is 17.0 Å². The van der Waals surface area contributed by atoms with Gasteiger partial charge in [-0.3, -0.25) is 4.79 Å². The van der Waals surface area contributed by atoms with Crippen molar-refractivity contribution in [3.63, 3.8) is 0 Å². The molecule has 0 bridgehead atoms. The van der Waals surface area contributed by atoms with Crippen molar-refractivity contribution in [3.05, 3.63) is 36.9 Å². The average Bonchev–Trinajstić information content (AvgIpc) is 2.93. The number of rotatable bonds is 3. The summed E-state index contributed by atoms with van der Waals surface area (Å²) in [7, 11) is -3.89. The van der Waals surface area contributed by atoms with Crippen molar-refractivity contribution in [2.45, 2.75) is 11.8 Å². The zero-order chi connectivity index (χ0) is 16.6. The summed E-state index contributed by atoms with van der Waals surface area (Å²) in [5, 5.41) is 2.57. The summed E-state index contributed by atoms with van der Waals surface area (Å²) in [6.45, 7) is 1.37. The molecule has 0 atom stereocenters. The number of carbonyl (C=O) groups excluding carboxylic acids is 1. The van der Waals surface area contributed by atoms with Crippen molar-refractivity contribution >= 4 is 38.6 Å². The van der Waals surface area contributed by atoms with Crippen molar-refractivity contribution in [2.24, 2.45) is 0 Å². The first-order valence-corrected chi connectivity index (χ1v) is 7.90. The monoisotopic (exact) mass is 332 g/mol. The number of anilines is 2. The molecule has 3 aromatic rings. The second-order valence-electron chi connectivity index (χ2n) is 4.68. The fraction of sp³-hybridized carbons (Fsp3) is 0.0769. The zero-order valence-electron chi connectivity index (χ0n) is 12.0. The van der Waals surface area contributed by atoms with Gasteiger partial charge >= 0.3 is 0 Å². The van der Waals surface area contributed by atoms with Crippen LogP contribution in [0.3, 0.4) is 0 Å². The lowest BCUT2D eigenvalue weighted by Gasteiger charge is -2.07. The van der Waals surface area contributed by atoms with Gasteiger partial charge < -0.3 is 11.1 Å². The van der Waals surface area contributed by atoms with Crippen LogP contribution in [0.4, 0.5) is 11.5 Å². The Morgan fingerprint density at radius 2 is 1.87 bits per heavy atom. The number of fused-ring (bicyclic) bond motifs is 1. The minimum absolute atomic E-state index is 0.0306. The Labute approximate surface area is 131 Å². The molecule has 118 valence electrons. The summed E-state index contributed by atoms with van der Waals surface area (Å²) in [6, 6.07) is 5.77. The van der Waals surface area contributed by atoms with E-state index in [4.69, 9.17) is 5.73 Å². The van der Waals surface area contributed by atoms with Gasteiger partial charge in [-0.05, 0) is 24.3 Å². The van der Waals surface area contributed by atoms with E-state index in [0.717, 1.165) is 10.3 Å². The molecule has 0 aliphatic carbocycles. The summed E-state index contributed by atoms with van der Waals surface area (Å²) in [6.07, 6.45) is 2.30. The van der Waals surface area contributed by atoms with Crippen molar-refractivity contribution in [2.75, 3.05) is 11.1 Å². The summed E-state index contributed by atoms with van der Waals surface area (Å²) >= 11 is 0. The van der Waals surface area contributed by atoms with Crippen LogP contribution in [-0.2, 0) is 14.8 Å². The van der Waals surface area contributed by atoms with Crippen LogP contribution >= 0.6 is 0 Å². The van der Waals surface area contributed by atoms with E-state index >= 15 is 0 Å². The molecule has 3 rings (SSSR count). The van der Waals surface area contributed by atoms with Crippen LogP contribution in [0, 0.1) is 0 Å². The number of nitrogens with two attached hydrogens (primary N) is 1. The maximum Gasteiger partial charge on any atom is 0.270 e. The first kappa shape index (κ1) is 14.9. The first-order valence-electron chi connectivity index (χ1n) is 6.46. The molecule has 0 aliphatic rings. The summed E-state index contributed by atoms with van der Waals surface area (Å²) in [5.41, 5.74) is 6.47. The van der Waals surface area contributed by atoms with Gasteiger partial charge in [0.1, 0.15) is 12.7 Å². The maximum absolute atomic E-state index is 12.7. The molecule has 0 aliphatic heterocycles. The number of carbonyl (C=O) groups is 1. The van der Waals surface area contributed by atoms with E-state index in [9.17, 15) is 13.2 Å². The van der Waals surface area contributed by atoms with Gasteiger partial charge in [0.2, 0.25) is 5.91 Å². The molecule has 0 fully saturated rings. The number of nitrogens with zero attached hydrogens (tertiary/aromatic N) is 4. The number of amides is 1. The quantitative estimate of drug-likeness (QED) is 0.717. The summed E-state index contributed by atoms with van der Waals surface area (Å²) in [4.78, 5) is 22.7. The molecular formula is C13H12N6O3S. The number of hydrogen-bond donors (Lipinski definition) is 2. The fourth-order valence-corrected chi connectivity index (χ4v) is 3.28. The molecule has 0 saturated carbocycles. The SMILES string of the molecule is CC(=O)Nc1ccc(S(=O)(=O)n2cnc3c(N)ncnc32)cc1. The van der Waals surface area contributed by atoms with Crippen molar-refractivity contribution in [1.82, 2.24) is 18.9 Å². The van der Waals surface area contributed by atoms with E-state index in [0.29, 0.717) is 5.69 Å². The van der Waals surface area contributed by atoms with E-state index in [2.05, 4.69) is 20.3 Å². The van der Waals surface area contributed by atoms with Crippen LogP contribution in [0.2, 0.25) is 0 Å². The Kier molecular flexibility index (Phi) is 3.45. The lowest BCUT2D eigenvalue weighted by Crippen LogP contribution is -2.13. The lowest BCUT2D eigenvalue weighted by molar-refractivity contribution is -0.114. The maximum atomic E-state index is 12.7. The molecule has 3 N–H and O–H groups in total. The van der Waals surface area contributed by atoms with E-state index < -0.39 is 10.0 Å². The third-order valence-electron chi connectivity index (χ3n) is 3.06. The molecule has 2 aromatic heterocycles. The van der Waals surface area contributed by atoms with Crippen molar-refractivity contribution in [3.8, 4) is 0 Å². The topological polar surface area (TPSA) is 133 Å². The average molecular weight is 332 g/mol. The third kappa shape index (κ3) is 2.59. The molecule has 0 spiro atoms. The van der Waals surface area contributed by atoms with Gasteiger partial charge in [-0.15, -0.1) is 0 Å². The number of imidazole rings is 1. The highest BCUT2D eigenvalue weighted by molar-refractivity contribution is 7.90. The molecule has 1 aromatic carbocycles. The second kappa shape index (κ2) is 5.32. The molecular weight excluding hydrogens is 320 g/mol. The number of benzene rings is 1. The molecule has 10 heteroatoms. The molecule has 0 saturated heterocycles. The zero-order valence-corrected chi connectivity index (χ0v) is 12.8. The van der Waals surface area contributed by atoms with Gasteiger partial charge in [0.05, 0.1) is 4.90 Å². The van der Waals surface area contributed by atoms with Crippen LogP contribution in [0.5, 0.6) is 0 Å². The standard InChI is InChI=1S/C13H12N6O3S/c1-8(20)18-9-2-4-10(5-3-9)23(21,22)19-7-17-11-12(14)15-6-16-13(11)19/h2-7H,1H3,(H,18,20)(H2,14,15,16). The Balaban J connectivity index is 2.07. The fourth-order valence-electron chi connectivity index (χ4n) is 2.04. The molecule has 0 unspecified atom stereocenters. The highest BCUT2D eigenvalue weighted by Crippen LogP contribution is 2.22. The number of aromatic nitrogens is 4. The van der Waals surface area contributed by atoms with Gasteiger partial charge in [0.25, 0.3) is 10.0 Å². The van der Waals surface area contributed by atoms with Crippen molar-refractivity contribution in [1.29, 1.82) is 0 Å². The van der Waals surface area contributed by atoms with Gasteiger partial charge in [-0.25, -0.2) is 27.3 Å². The highest BCUT2D eigenvalue weighted by Gasteiger charge is 2.21. The summed E-state index contributed by atoms with van der Waals surface area (Å²) in [5.74, 6) is -0.140. The van der Waals surface area contributed by atoms with Gasteiger partial charge in [-0.2, -0.15) is 0 Å². The Bertz CT molecular complexity index is 994. The predicted octanol–water partition coefficient (Wildman–Crippen LogP) is 0.604. The first-order chi connectivity index (χ1) is 10.9. The normalized spacial score (nSPS) is 11.5. The van der Waals surface area contributed by atoms with E-state index in [1.807, 2.05) is 0 Å². The number of nitrogen functional groups attached to an aromatic ring is 1. The van der Waals surface area contributed by atoms with Crippen molar-refractivity contribution < 1.29 is 13.2 Å². The smallest absolute Gasteiger partial charge is 0.270 e. The largest absolute Gasteiger partial charge is 0.382 e. The van der Waals surface area contributed by atoms with E-state index in [-0.39, 0.29) is 27.8 Å². The molecule has 0 radical (unpaired) electrons. The molecule has 1 amide bonds. The Hall–Kier alpha value is -3.01. The Morgan fingerprint density at radius 3 is 2.52 bits per heavy atom. The van der Waals surface area contributed by atoms with Crippen LogP contribution in [0.25, 0.3) is 11.2 Å². The number of nitrogens with one attached hydrogen (secondary N) is 1. The predicted molar refractivity (Wildman–Crippen MR) is 83.1 cm³/mol. The molecule has 9 nitrogen and oxygen atoms in total. The lowest BCUT2D eigenvalue weighted by atomic mass is 10.3. The van der Waals surface area contributed by atoms with E-state index in [1.54, 1.807) is 0 Å². The Morgan fingerprint density at radius 1 is 1.17 bits per heavy atom. The van der Waals surface area contributed by atoms with Crippen LogP contribution in [0.15, 0.2) is 41.8 Å². The van der Waals surface area contributed by atoms with Gasteiger partial charge in [0, 0.05) is 12.6 Å². The second-order valence-corrected chi connectivity index (χ2v) is 6.50. The molecule has 23 heavy (non-hydrogen) atoms. The van der Waals surface area contributed by atoms with Crippen LogP contribution < -0.4 is 11.1 Å². The molecule has 2 heterocycles. The minimum Gasteiger partial charge on any atom is -0.382 e.